The zero-order valence-electron chi connectivity index (χ0n) is 29.9. The summed E-state index contributed by atoms with van der Waals surface area (Å²) in [6, 6.07) is 61.8. The number of benzene rings is 8. The van der Waals surface area contributed by atoms with Crippen LogP contribution in [0.15, 0.2) is 191 Å². The highest BCUT2D eigenvalue weighted by molar-refractivity contribution is 6.15. The quantitative estimate of drug-likeness (QED) is 0.170. The topological polar surface area (TPSA) is 77.8 Å². The Labute approximate surface area is 321 Å². The Bertz CT molecular complexity index is 3240. The number of furan rings is 1. The summed E-state index contributed by atoms with van der Waals surface area (Å²) >= 11 is 0. The summed E-state index contributed by atoms with van der Waals surface area (Å²) in [7, 11) is 0. The smallest absolute Gasteiger partial charge is 0.227 e. The summed E-state index contributed by atoms with van der Waals surface area (Å²) in [5.74, 6) is 2.37. The lowest BCUT2D eigenvalue weighted by atomic mass is 9.95. The third kappa shape index (κ3) is 5.51. The zero-order chi connectivity index (χ0) is 37.0. The Morgan fingerprint density at radius 2 is 0.929 bits per heavy atom. The van der Waals surface area contributed by atoms with E-state index in [0.29, 0.717) is 28.9 Å². The average molecular weight is 719 g/mol. The Kier molecular flexibility index (Phi) is 7.38. The summed E-state index contributed by atoms with van der Waals surface area (Å²) < 4.78 is 12.9. The van der Waals surface area contributed by atoms with Crippen LogP contribution in [0.2, 0.25) is 0 Å². The number of nitrogens with zero attached hydrogens (tertiary/aromatic N) is 4. The molecule has 0 bridgehead atoms. The van der Waals surface area contributed by atoms with Crippen molar-refractivity contribution in [3.63, 3.8) is 0 Å². The van der Waals surface area contributed by atoms with Gasteiger partial charge in [0.2, 0.25) is 5.89 Å². The first-order valence-electron chi connectivity index (χ1n) is 18.5. The maximum atomic E-state index is 6.51. The van der Waals surface area contributed by atoms with Crippen molar-refractivity contribution < 1.29 is 8.83 Å². The molecule has 0 spiro atoms. The number of oxazole rings is 1. The first-order valence-corrected chi connectivity index (χ1v) is 18.5. The number of rotatable bonds is 6. The molecule has 11 aromatic rings. The van der Waals surface area contributed by atoms with Crippen LogP contribution in [0.1, 0.15) is 0 Å². The molecule has 0 fully saturated rings. The Hall–Kier alpha value is -7.70. The lowest BCUT2D eigenvalue weighted by molar-refractivity contribution is 0.620. The zero-order valence-corrected chi connectivity index (χ0v) is 29.9. The van der Waals surface area contributed by atoms with E-state index in [4.69, 9.17) is 28.8 Å². The monoisotopic (exact) mass is 718 g/mol. The predicted molar refractivity (Wildman–Crippen MR) is 225 cm³/mol. The summed E-state index contributed by atoms with van der Waals surface area (Å²) in [5, 5.41) is 4.21. The molecule has 56 heavy (non-hydrogen) atoms. The van der Waals surface area contributed by atoms with Gasteiger partial charge in [-0.1, -0.05) is 146 Å². The van der Waals surface area contributed by atoms with E-state index >= 15 is 0 Å². The summed E-state index contributed by atoms with van der Waals surface area (Å²) in [6.07, 6.45) is 0. The van der Waals surface area contributed by atoms with E-state index in [0.717, 1.165) is 77.2 Å². The molecule has 0 atom stereocenters. The molecule has 3 heterocycles. The highest BCUT2D eigenvalue weighted by atomic mass is 16.4. The first kappa shape index (κ1) is 31.8. The second kappa shape index (κ2) is 13.0. The van der Waals surface area contributed by atoms with Crippen molar-refractivity contribution in [3.05, 3.63) is 182 Å². The SMILES string of the molecule is c1ccc(-c2ccc(-c3nc4cc5oc6cccc(-c7ccccc7-c7nc(-c8ccccc8)nc(-c8ccc9ccccc9c8)n7)c6c5cc4o3)cc2)cc1. The molecule has 0 aliphatic rings. The molecule has 0 aliphatic carbocycles. The molecule has 262 valence electrons. The minimum Gasteiger partial charge on any atom is -0.456 e. The van der Waals surface area contributed by atoms with E-state index in [1.807, 2.05) is 91.0 Å². The number of fused-ring (bicyclic) bond motifs is 5. The van der Waals surface area contributed by atoms with Gasteiger partial charge in [-0.3, -0.25) is 0 Å². The largest absolute Gasteiger partial charge is 0.456 e. The van der Waals surface area contributed by atoms with Gasteiger partial charge in [0.05, 0.1) is 0 Å². The van der Waals surface area contributed by atoms with E-state index in [1.165, 1.54) is 5.56 Å². The van der Waals surface area contributed by atoms with Gasteiger partial charge in [-0.15, -0.1) is 0 Å². The van der Waals surface area contributed by atoms with Gasteiger partial charge in [-0.25, -0.2) is 19.9 Å². The molecule has 0 N–H and O–H groups in total. The second-order valence-electron chi connectivity index (χ2n) is 13.8. The van der Waals surface area contributed by atoms with Crippen molar-refractivity contribution in [2.75, 3.05) is 0 Å². The fourth-order valence-electron chi connectivity index (χ4n) is 7.61. The van der Waals surface area contributed by atoms with Crippen LogP contribution >= 0.6 is 0 Å². The molecule has 3 aromatic heterocycles. The third-order valence-corrected chi connectivity index (χ3v) is 10.4. The number of aromatic nitrogens is 4. The molecule has 0 amide bonds. The third-order valence-electron chi connectivity index (χ3n) is 10.4. The molecule has 0 saturated carbocycles. The van der Waals surface area contributed by atoms with Crippen molar-refractivity contribution in [3.8, 4) is 67.9 Å². The average Bonchev–Trinajstić information content (AvgIpc) is 3.86. The van der Waals surface area contributed by atoms with Crippen LogP contribution in [-0.4, -0.2) is 19.9 Å². The van der Waals surface area contributed by atoms with Crippen LogP contribution in [0.25, 0.3) is 112 Å². The van der Waals surface area contributed by atoms with E-state index in [1.54, 1.807) is 0 Å². The van der Waals surface area contributed by atoms with Crippen LogP contribution in [0.4, 0.5) is 0 Å². The standard InChI is InChI=1S/C50H30N4O2/c1-3-12-31(13-4-1)33-22-25-35(26-23-33)50-51-42-30-44-41(29-45(42)56-50)46-39(20-11-21-43(46)55-44)38-18-9-10-19-40(38)49-53-47(34-15-5-2-6-16-34)52-48(54-49)37-27-24-32-14-7-8-17-36(32)28-37/h1-30H. The van der Waals surface area contributed by atoms with Gasteiger partial charge in [-0.05, 0) is 63.4 Å². The lowest BCUT2D eigenvalue weighted by Crippen LogP contribution is -2.01. The molecule has 0 radical (unpaired) electrons. The first-order chi connectivity index (χ1) is 27.7. The molecule has 0 aliphatic heterocycles. The van der Waals surface area contributed by atoms with E-state index in [-0.39, 0.29) is 0 Å². The van der Waals surface area contributed by atoms with Gasteiger partial charge in [0, 0.05) is 39.1 Å². The molecule has 6 nitrogen and oxygen atoms in total. The molecular formula is C50H30N4O2. The van der Waals surface area contributed by atoms with Crippen molar-refractivity contribution in [1.82, 2.24) is 19.9 Å². The normalized spacial score (nSPS) is 11.6. The van der Waals surface area contributed by atoms with Crippen molar-refractivity contribution in [1.29, 1.82) is 0 Å². The van der Waals surface area contributed by atoms with Crippen molar-refractivity contribution in [2.45, 2.75) is 0 Å². The Morgan fingerprint density at radius 3 is 1.73 bits per heavy atom. The highest BCUT2D eigenvalue weighted by Crippen LogP contribution is 2.42. The fraction of sp³-hybridized carbons (Fsp3) is 0. The van der Waals surface area contributed by atoms with Crippen molar-refractivity contribution in [2.24, 2.45) is 0 Å². The van der Waals surface area contributed by atoms with Crippen LogP contribution in [-0.2, 0) is 0 Å². The van der Waals surface area contributed by atoms with E-state index in [9.17, 15) is 0 Å². The van der Waals surface area contributed by atoms with Crippen molar-refractivity contribution >= 4 is 43.8 Å². The number of hydrogen-bond donors (Lipinski definition) is 0. The van der Waals surface area contributed by atoms with Gasteiger partial charge in [0.25, 0.3) is 0 Å². The Morgan fingerprint density at radius 1 is 0.321 bits per heavy atom. The summed E-state index contributed by atoms with van der Waals surface area (Å²) in [4.78, 5) is 20.1. The van der Waals surface area contributed by atoms with Gasteiger partial charge in [0.1, 0.15) is 16.7 Å². The minimum atomic E-state index is 0.563. The maximum Gasteiger partial charge on any atom is 0.227 e. The molecule has 0 unspecified atom stereocenters. The maximum absolute atomic E-state index is 6.51. The predicted octanol–water partition coefficient (Wildman–Crippen LogP) is 13.1. The number of hydrogen-bond acceptors (Lipinski definition) is 6. The molecule has 6 heteroatoms. The van der Waals surface area contributed by atoms with Crippen LogP contribution in [0.5, 0.6) is 0 Å². The van der Waals surface area contributed by atoms with Crippen LogP contribution < -0.4 is 0 Å². The van der Waals surface area contributed by atoms with Gasteiger partial charge >= 0.3 is 0 Å². The Balaban J connectivity index is 1.05. The van der Waals surface area contributed by atoms with Gasteiger partial charge in [0.15, 0.2) is 23.1 Å². The van der Waals surface area contributed by atoms with E-state index in [2.05, 4.69) is 91.0 Å². The van der Waals surface area contributed by atoms with Crippen LogP contribution in [0.3, 0.4) is 0 Å². The van der Waals surface area contributed by atoms with Gasteiger partial charge < -0.3 is 8.83 Å². The summed E-state index contributed by atoms with van der Waals surface area (Å²) in [6.45, 7) is 0. The van der Waals surface area contributed by atoms with Gasteiger partial charge in [-0.2, -0.15) is 0 Å². The lowest BCUT2D eigenvalue weighted by Gasteiger charge is -2.13. The second-order valence-corrected chi connectivity index (χ2v) is 13.8. The summed E-state index contributed by atoms with van der Waals surface area (Å²) in [5.41, 5.74) is 10.9. The molecular weight excluding hydrogens is 689 g/mol. The van der Waals surface area contributed by atoms with Crippen LogP contribution in [0, 0.1) is 0 Å². The molecule has 8 aromatic carbocycles. The molecule has 0 saturated heterocycles. The van der Waals surface area contributed by atoms with E-state index < -0.39 is 0 Å². The molecule has 11 rings (SSSR count). The minimum absolute atomic E-state index is 0.563. The fourth-order valence-corrected chi connectivity index (χ4v) is 7.61. The highest BCUT2D eigenvalue weighted by Gasteiger charge is 2.20.